The van der Waals surface area contributed by atoms with Crippen LogP contribution in [-0.2, 0) is 22.9 Å². The van der Waals surface area contributed by atoms with Gasteiger partial charge in [-0.3, -0.25) is 0 Å². The zero-order valence-corrected chi connectivity index (χ0v) is 20.3. The van der Waals surface area contributed by atoms with Gasteiger partial charge in [-0.1, -0.05) is 24.3 Å². The molecule has 1 saturated heterocycles. The summed E-state index contributed by atoms with van der Waals surface area (Å²) >= 11 is 0. The van der Waals surface area contributed by atoms with E-state index in [1.54, 1.807) is 48.5 Å². The third-order valence-corrected chi connectivity index (χ3v) is 6.91. The van der Waals surface area contributed by atoms with E-state index in [9.17, 15) is 28.3 Å². The first-order valence-corrected chi connectivity index (χ1v) is 11.9. The van der Waals surface area contributed by atoms with Crippen molar-refractivity contribution in [3.8, 4) is 23.3 Å². The predicted octanol–water partition coefficient (Wildman–Crippen LogP) is 6.34. The number of halogens is 3. The number of benzene rings is 3. The highest BCUT2D eigenvalue weighted by molar-refractivity contribution is 5.66. The molecule has 0 unspecified atom stereocenters. The second-order valence-corrected chi connectivity index (χ2v) is 9.34. The molecule has 0 atom stereocenters. The van der Waals surface area contributed by atoms with Crippen molar-refractivity contribution in [2.24, 2.45) is 0 Å². The van der Waals surface area contributed by atoms with Crippen molar-refractivity contribution in [2.75, 3.05) is 19.7 Å². The molecule has 0 aliphatic carbocycles. The van der Waals surface area contributed by atoms with Crippen molar-refractivity contribution >= 4 is 6.09 Å². The molecular weight excluding hydrogens is 495 g/mol. The smallest absolute Gasteiger partial charge is 0.416 e. The second-order valence-electron chi connectivity index (χ2n) is 9.34. The first-order valence-electron chi connectivity index (χ1n) is 11.9. The maximum atomic E-state index is 13.7. The third kappa shape index (κ3) is 5.96. The Labute approximate surface area is 218 Å². The molecule has 1 amide bonds. The van der Waals surface area contributed by atoms with Gasteiger partial charge in [0.15, 0.2) is 0 Å². The Morgan fingerprint density at radius 2 is 1.63 bits per heavy atom. The van der Waals surface area contributed by atoms with Crippen molar-refractivity contribution in [1.29, 1.82) is 10.5 Å². The van der Waals surface area contributed by atoms with Crippen LogP contribution in [0.1, 0.15) is 40.7 Å². The Morgan fingerprint density at radius 3 is 2.24 bits per heavy atom. The topological polar surface area (TPSA) is 97.4 Å². The van der Waals surface area contributed by atoms with Gasteiger partial charge in [0, 0.05) is 18.5 Å². The standard InChI is InChI=1S/C29H24F3N3O3/c30-29(31,32)26-14-22(12-24(15-26)23-6-4-20(16-33)5-7-23)18-38-19-28(8-10-35(11-9-28)27(36)37)25-3-1-2-21(13-25)17-34/h1-7,12-15H,8-11,18-19H2,(H,36,37). The molecule has 0 aromatic heterocycles. The molecule has 1 heterocycles. The number of piperidine rings is 1. The largest absolute Gasteiger partial charge is 0.465 e. The van der Waals surface area contributed by atoms with Gasteiger partial charge in [-0.05, 0) is 77.6 Å². The highest BCUT2D eigenvalue weighted by Gasteiger charge is 2.38. The van der Waals surface area contributed by atoms with Gasteiger partial charge in [-0.25, -0.2) is 4.79 Å². The Balaban J connectivity index is 1.59. The summed E-state index contributed by atoms with van der Waals surface area (Å²) in [6.07, 6.45) is -4.66. The fraction of sp³-hybridized carbons (Fsp3) is 0.276. The van der Waals surface area contributed by atoms with Crippen molar-refractivity contribution in [3.05, 3.63) is 94.5 Å². The van der Waals surface area contributed by atoms with Gasteiger partial charge in [-0.15, -0.1) is 0 Å². The maximum absolute atomic E-state index is 13.7. The fourth-order valence-corrected chi connectivity index (χ4v) is 4.77. The zero-order valence-electron chi connectivity index (χ0n) is 20.3. The third-order valence-electron chi connectivity index (χ3n) is 6.91. The molecular formula is C29H24F3N3O3. The van der Waals surface area contributed by atoms with E-state index in [1.165, 1.54) is 4.90 Å². The molecule has 1 N–H and O–H groups in total. The van der Waals surface area contributed by atoms with Gasteiger partial charge in [-0.2, -0.15) is 23.7 Å². The molecule has 38 heavy (non-hydrogen) atoms. The van der Waals surface area contributed by atoms with Gasteiger partial charge < -0.3 is 14.7 Å². The summed E-state index contributed by atoms with van der Waals surface area (Å²) in [5, 5.41) is 27.7. The Hall–Kier alpha value is -4.34. The normalized spacial score (nSPS) is 14.9. The monoisotopic (exact) mass is 519 g/mol. The molecule has 194 valence electrons. The summed E-state index contributed by atoms with van der Waals surface area (Å²) in [6.45, 7) is 0.622. The lowest BCUT2D eigenvalue weighted by Gasteiger charge is -2.41. The van der Waals surface area contributed by atoms with E-state index in [1.807, 2.05) is 12.1 Å². The van der Waals surface area contributed by atoms with E-state index in [4.69, 9.17) is 10.00 Å². The molecule has 0 bridgehead atoms. The number of alkyl halides is 3. The van der Waals surface area contributed by atoms with Crippen LogP contribution in [0.3, 0.4) is 0 Å². The predicted molar refractivity (Wildman–Crippen MR) is 133 cm³/mol. The molecule has 0 spiro atoms. The van der Waals surface area contributed by atoms with Crippen molar-refractivity contribution < 1.29 is 27.8 Å². The van der Waals surface area contributed by atoms with Crippen LogP contribution in [0.2, 0.25) is 0 Å². The summed E-state index contributed by atoms with van der Waals surface area (Å²) in [5.41, 5.74) is 1.56. The van der Waals surface area contributed by atoms with E-state index in [0.717, 1.165) is 17.7 Å². The molecule has 1 aliphatic heterocycles. The SMILES string of the molecule is N#Cc1ccc(-c2cc(COCC3(c4cccc(C#N)c4)CCN(C(=O)O)CC3)cc(C(F)(F)F)c2)cc1. The van der Waals surface area contributed by atoms with Crippen LogP contribution >= 0.6 is 0 Å². The highest BCUT2D eigenvalue weighted by atomic mass is 19.4. The number of likely N-dealkylation sites (tertiary alicyclic amines) is 1. The van der Waals surface area contributed by atoms with E-state index in [0.29, 0.717) is 40.7 Å². The molecule has 9 heteroatoms. The van der Waals surface area contributed by atoms with Gasteiger partial charge in [0.05, 0.1) is 42.0 Å². The molecule has 1 aliphatic rings. The van der Waals surface area contributed by atoms with Crippen LogP contribution in [0, 0.1) is 22.7 Å². The van der Waals surface area contributed by atoms with Gasteiger partial charge >= 0.3 is 12.3 Å². The summed E-state index contributed by atoms with van der Waals surface area (Å²) in [6, 6.07) is 21.2. The first kappa shape index (κ1) is 26.7. The Bertz CT molecular complexity index is 1400. The lowest BCUT2D eigenvalue weighted by atomic mass is 9.73. The number of ether oxygens (including phenoxy) is 1. The number of amides is 1. The van der Waals surface area contributed by atoms with Crippen LogP contribution in [0.15, 0.2) is 66.7 Å². The minimum absolute atomic E-state index is 0.0878. The second kappa shape index (κ2) is 11.0. The van der Waals surface area contributed by atoms with E-state index in [-0.39, 0.29) is 26.3 Å². The molecule has 3 aromatic rings. The number of carbonyl (C=O) groups is 1. The zero-order chi connectivity index (χ0) is 27.3. The van der Waals surface area contributed by atoms with Crippen molar-refractivity contribution in [2.45, 2.75) is 31.0 Å². The van der Waals surface area contributed by atoms with Crippen LogP contribution in [-0.4, -0.2) is 35.8 Å². The van der Waals surface area contributed by atoms with Gasteiger partial charge in [0.1, 0.15) is 0 Å². The average molecular weight is 520 g/mol. The lowest BCUT2D eigenvalue weighted by molar-refractivity contribution is -0.137. The number of hydrogen-bond acceptors (Lipinski definition) is 4. The molecule has 6 nitrogen and oxygen atoms in total. The Kier molecular flexibility index (Phi) is 7.70. The number of nitriles is 2. The molecule has 1 fully saturated rings. The fourth-order valence-electron chi connectivity index (χ4n) is 4.77. The summed E-state index contributed by atoms with van der Waals surface area (Å²) in [7, 11) is 0. The summed E-state index contributed by atoms with van der Waals surface area (Å²) < 4.78 is 47.1. The molecule has 4 rings (SSSR count). The molecule has 3 aromatic carbocycles. The van der Waals surface area contributed by atoms with Gasteiger partial charge in [0.25, 0.3) is 0 Å². The van der Waals surface area contributed by atoms with E-state index in [2.05, 4.69) is 6.07 Å². The number of hydrogen-bond donors (Lipinski definition) is 1. The number of carboxylic acid groups (broad SMARTS) is 1. The van der Waals surface area contributed by atoms with Crippen LogP contribution in [0.4, 0.5) is 18.0 Å². The summed E-state index contributed by atoms with van der Waals surface area (Å²) in [5.74, 6) is 0. The van der Waals surface area contributed by atoms with Crippen LogP contribution in [0.25, 0.3) is 11.1 Å². The average Bonchev–Trinajstić information content (AvgIpc) is 2.92. The highest BCUT2D eigenvalue weighted by Crippen LogP contribution is 2.38. The maximum Gasteiger partial charge on any atom is 0.416 e. The van der Waals surface area contributed by atoms with E-state index >= 15 is 0 Å². The number of nitrogens with zero attached hydrogens (tertiary/aromatic N) is 3. The van der Waals surface area contributed by atoms with E-state index < -0.39 is 23.2 Å². The minimum atomic E-state index is -4.56. The minimum Gasteiger partial charge on any atom is -0.465 e. The Morgan fingerprint density at radius 1 is 0.947 bits per heavy atom. The van der Waals surface area contributed by atoms with Crippen LogP contribution in [0.5, 0.6) is 0 Å². The lowest BCUT2D eigenvalue weighted by Crippen LogP contribution is -2.47. The summed E-state index contributed by atoms with van der Waals surface area (Å²) in [4.78, 5) is 12.8. The number of rotatable bonds is 6. The van der Waals surface area contributed by atoms with Crippen LogP contribution < -0.4 is 0 Å². The molecule has 0 radical (unpaired) electrons. The van der Waals surface area contributed by atoms with Gasteiger partial charge in [0.2, 0.25) is 0 Å². The molecule has 0 saturated carbocycles. The first-order chi connectivity index (χ1) is 18.1. The van der Waals surface area contributed by atoms with Crippen molar-refractivity contribution in [1.82, 2.24) is 4.90 Å². The van der Waals surface area contributed by atoms with Crippen molar-refractivity contribution in [3.63, 3.8) is 0 Å². The quantitative estimate of drug-likeness (QED) is 0.410.